The summed E-state index contributed by atoms with van der Waals surface area (Å²) in [7, 11) is -2.56. The average Bonchev–Trinajstić information content (AvgIpc) is 2.36. The first-order valence-electron chi connectivity index (χ1n) is 5.33. The van der Waals surface area contributed by atoms with Crippen molar-refractivity contribution in [3.05, 3.63) is 28.8 Å². The summed E-state index contributed by atoms with van der Waals surface area (Å²) in [5.74, 6) is -1.31. The second kappa shape index (κ2) is 5.87. The fourth-order valence-electron chi connectivity index (χ4n) is 1.35. The molecule has 19 heavy (non-hydrogen) atoms. The van der Waals surface area contributed by atoms with Gasteiger partial charge in [0.05, 0.1) is 22.1 Å². The Balaban J connectivity index is 3.30. The van der Waals surface area contributed by atoms with Crippen molar-refractivity contribution in [3.8, 4) is 0 Å². The molecule has 0 fully saturated rings. The number of benzene rings is 1. The highest BCUT2D eigenvalue weighted by molar-refractivity contribution is 7.89. The van der Waals surface area contributed by atoms with E-state index in [9.17, 15) is 13.2 Å². The summed E-state index contributed by atoms with van der Waals surface area (Å²) >= 11 is 5.68. The Hall–Kier alpha value is -1.15. The van der Waals surface area contributed by atoms with Gasteiger partial charge in [0, 0.05) is 13.1 Å². The van der Waals surface area contributed by atoms with Crippen LogP contribution in [-0.2, 0) is 10.0 Å². The van der Waals surface area contributed by atoms with Crippen LogP contribution in [-0.4, -0.2) is 48.6 Å². The third-order valence-corrected chi connectivity index (χ3v) is 5.03. The van der Waals surface area contributed by atoms with E-state index < -0.39 is 22.0 Å². The zero-order valence-corrected chi connectivity index (χ0v) is 11.9. The molecule has 0 amide bonds. The van der Waals surface area contributed by atoms with Gasteiger partial charge < -0.3 is 10.2 Å². The molecule has 106 valence electrons. The Morgan fingerprint density at radius 1 is 1.47 bits per heavy atom. The van der Waals surface area contributed by atoms with Crippen LogP contribution >= 0.6 is 11.6 Å². The SMILES string of the molecule is CC(CO)N(C)S(=O)(=O)c1ccc(Cl)c(C(=O)O)c1. The summed E-state index contributed by atoms with van der Waals surface area (Å²) in [5.41, 5.74) is -0.284. The molecule has 0 aliphatic heterocycles. The maximum absolute atomic E-state index is 12.2. The van der Waals surface area contributed by atoms with Crippen LogP contribution in [0.5, 0.6) is 0 Å². The summed E-state index contributed by atoms with van der Waals surface area (Å²) in [6.07, 6.45) is 0. The number of halogens is 1. The Bertz CT molecular complexity index is 587. The summed E-state index contributed by atoms with van der Waals surface area (Å²) in [4.78, 5) is 10.7. The van der Waals surface area contributed by atoms with Crippen LogP contribution in [0.25, 0.3) is 0 Å². The number of carboxylic acid groups (broad SMARTS) is 1. The van der Waals surface area contributed by atoms with Crippen molar-refractivity contribution in [1.82, 2.24) is 4.31 Å². The lowest BCUT2D eigenvalue weighted by atomic mass is 10.2. The largest absolute Gasteiger partial charge is 0.478 e. The second-order valence-electron chi connectivity index (χ2n) is 4.00. The lowest BCUT2D eigenvalue weighted by molar-refractivity contribution is 0.0697. The Labute approximate surface area is 116 Å². The van der Waals surface area contributed by atoms with Crippen LogP contribution in [0.1, 0.15) is 17.3 Å². The molecule has 0 spiro atoms. The number of carboxylic acids is 1. The van der Waals surface area contributed by atoms with Crippen LogP contribution in [0.2, 0.25) is 5.02 Å². The minimum absolute atomic E-state index is 0.0377. The highest BCUT2D eigenvalue weighted by atomic mass is 35.5. The normalized spacial score (nSPS) is 13.5. The molecule has 1 atom stereocenters. The number of carbonyl (C=O) groups is 1. The smallest absolute Gasteiger partial charge is 0.337 e. The predicted octanol–water partition coefficient (Wildman–Crippen LogP) is 1.04. The zero-order valence-electron chi connectivity index (χ0n) is 10.4. The minimum atomic E-state index is -3.87. The van der Waals surface area contributed by atoms with Crippen molar-refractivity contribution in [2.45, 2.75) is 17.9 Å². The van der Waals surface area contributed by atoms with E-state index in [1.54, 1.807) is 0 Å². The van der Waals surface area contributed by atoms with E-state index in [0.717, 1.165) is 10.4 Å². The van der Waals surface area contributed by atoms with Crippen LogP contribution < -0.4 is 0 Å². The Kier molecular flexibility index (Phi) is 4.92. The van der Waals surface area contributed by atoms with Crippen molar-refractivity contribution in [3.63, 3.8) is 0 Å². The predicted molar refractivity (Wildman–Crippen MR) is 69.9 cm³/mol. The fraction of sp³-hybridized carbons (Fsp3) is 0.364. The monoisotopic (exact) mass is 307 g/mol. The first-order chi connectivity index (χ1) is 8.71. The van der Waals surface area contributed by atoms with Crippen LogP contribution in [0.15, 0.2) is 23.1 Å². The third kappa shape index (κ3) is 3.24. The van der Waals surface area contributed by atoms with Crippen molar-refractivity contribution in [2.24, 2.45) is 0 Å². The number of aliphatic hydroxyl groups is 1. The third-order valence-electron chi connectivity index (χ3n) is 2.73. The Morgan fingerprint density at radius 3 is 2.53 bits per heavy atom. The molecule has 0 bridgehead atoms. The first-order valence-corrected chi connectivity index (χ1v) is 7.15. The molecule has 1 aromatic rings. The van der Waals surface area contributed by atoms with Crippen molar-refractivity contribution < 1.29 is 23.4 Å². The van der Waals surface area contributed by atoms with Crippen LogP contribution in [0.4, 0.5) is 0 Å². The molecule has 1 rings (SSSR count). The summed E-state index contributed by atoms with van der Waals surface area (Å²) in [5, 5.41) is 17.9. The van der Waals surface area contributed by atoms with Crippen LogP contribution in [0.3, 0.4) is 0 Å². The van der Waals surface area contributed by atoms with Gasteiger partial charge in [0.2, 0.25) is 10.0 Å². The molecular formula is C11H14ClNO5S. The maximum atomic E-state index is 12.2. The molecule has 8 heteroatoms. The van der Waals surface area contributed by atoms with Gasteiger partial charge in [-0.25, -0.2) is 13.2 Å². The van der Waals surface area contributed by atoms with E-state index in [2.05, 4.69) is 0 Å². The maximum Gasteiger partial charge on any atom is 0.337 e. The van der Waals surface area contributed by atoms with Crippen molar-refractivity contribution in [2.75, 3.05) is 13.7 Å². The standard InChI is InChI=1S/C11H14ClNO5S/c1-7(6-14)13(2)19(17,18)8-3-4-10(12)9(5-8)11(15)16/h3-5,7,14H,6H2,1-2H3,(H,15,16). The summed E-state index contributed by atoms with van der Waals surface area (Å²) in [6.45, 7) is 1.20. The molecule has 6 nitrogen and oxygen atoms in total. The second-order valence-corrected chi connectivity index (χ2v) is 6.40. The molecule has 0 aliphatic carbocycles. The summed E-state index contributed by atoms with van der Waals surface area (Å²) < 4.78 is 25.4. The molecule has 0 aliphatic rings. The van der Waals surface area contributed by atoms with Gasteiger partial charge in [0.1, 0.15) is 0 Å². The van der Waals surface area contributed by atoms with Gasteiger partial charge in [0.15, 0.2) is 0 Å². The molecule has 1 unspecified atom stereocenters. The molecule has 2 N–H and O–H groups in total. The topological polar surface area (TPSA) is 94.9 Å². The lowest BCUT2D eigenvalue weighted by Gasteiger charge is -2.22. The minimum Gasteiger partial charge on any atom is -0.478 e. The van der Waals surface area contributed by atoms with E-state index in [1.807, 2.05) is 0 Å². The van der Waals surface area contributed by atoms with E-state index in [0.29, 0.717) is 0 Å². The Morgan fingerprint density at radius 2 is 2.05 bits per heavy atom. The number of rotatable bonds is 5. The molecule has 0 radical (unpaired) electrons. The number of aliphatic hydroxyl groups excluding tert-OH is 1. The molecule has 0 saturated carbocycles. The highest BCUT2D eigenvalue weighted by Crippen LogP contribution is 2.23. The van der Waals surface area contributed by atoms with E-state index in [-0.39, 0.29) is 22.1 Å². The van der Waals surface area contributed by atoms with E-state index in [1.165, 1.54) is 26.1 Å². The molecule has 0 heterocycles. The van der Waals surface area contributed by atoms with Gasteiger partial charge >= 0.3 is 5.97 Å². The fourth-order valence-corrected chi connectivity index (χ4v) is 2.93. The number of aromatic carboxylic acids is 1. The van der Waals surface area contributed by atoms with Gasteiger partial charge in [-0.3, -0.25) is 0 Å². The molecular weight excluding hydrogens is 294 g/mol. The van der Waals surface area contributed by atoms with Gasteiger partial charge in [-0.15, -0.1) is 0 Å². The van der Waals surface area contributed by atoms with Gasteiger partial charge in [0.25, 0.3) is 0 Å². The van der Waals surface area contributed by atoms with E-state index >= 15 is 0 Å². The van der Waals surface area contributed by atoms with Gasteiger partial charge in [-0.2, -0.15) is 4.31 Å². The quantitative estimate of drug-likeness (QED) is 0.847. The highest BCUT2D eigenvalue weighted by Gasteiger charge is 2.26. The first kappa shape index (κ1) is 15.9. The molecule has 0 saturated heterocycles. The van der Waals surface area contributed by atoms with Gasteiger partial charge in [-0.05, 0) is 25.1 Å². The summed E-state index contributed by atoms with van der Waals surface area (Å²) in [6, 6.07) is 2.83. The lowest BCUT2D eigenvalue weighted by Crippen LogP contribution is -2.37. The number of hydrogen-bond acceptors (Lipinski definition) is 4. The average molecular weight is 308 g/mol. The number of likely N-dealkylation sites (N-methyl/N-ethyl adjacent to an activating group) is 1. The number of nitrogens with zero attached hydrogens (tertiary/aromatic N) is 1. The van der Waals surface area contributed by atoms with E-state index in [4.69, 9.17) is 21.8 Å². The van der Waals surface area contributed by atoms with Crippen molar-refractivity contribution in [1.29, 1.82) is 0 Å². The zero-order chi connectivity index (χ0) is 14.8. The number of hydrogen-bond donors (Lipinski definition) is 2. The van der Waals surface area contributed by atoms with Gasteiger partial charge in [-0.1, -0.05) is 11.6 Å². The number of sulfonamides is 1. The molecule has 0 aromatic heterocycles. The molecule has 1 aromatic carbocycles. The van der Waals surface area contributed by atoms with Crippen LogP contribution in [0, 0.1) is 0 Å². The van der Waals surface area contributed by atoms with Crippen molar-refractivity contribution >= 4 is 27.6 Å².